The summed E-state index contributed by atoms with van der Waals surface area (Å²) in [6, 6.07) is 0. The van der Waals surface area contributed by atoms with Crippen LogP contribution < -0.4 is 0 Å². The fourth-order valence-electron chi connectivity index (χ4n) is 2.74. The monoisotopic (exact) mass is 327 g/mol. The first-order valence-corrected chi connectivity index (χ1v) is 8.10. The molecule has 1 unspecified atom stereocenters. The van der Waals surface area contributed by atoms with Gasteiger partial charge in [-0.2, -0.15) is 0 Å². The summed E-state index contributed by atoms with van der Waals surface area (Å²) in [5.74, 6) is -0.804. The van der Waals surface area contributed by atoms with Gasteiger partial charge in [0.25, 0.3) is 0 Å². The summed E-state index contributed by atoms with van der Waals surface area (Å²) in [7, 11) is 0. The lowest BCUT2D eigenvalue weighted by molar-refractivity contribution is -0.139. The van der Waals surface area contributed by atoms with E-state index in [0.29, 0.717) is 0 Å². The number of ether oxygens (including phenoxy) is 1. The molecule has 1 heterocycles. The number of Topliss-reactive ketones (excluding diaryl/α,β-unsaturated/α-hetero) is 2. The average Bonchev–Trinajstić information content (AvgIpc) is 2.77. The Hall–Kier alpha value is -1.43. The molecule has 0 radical (unpaired) electrons. The molecule has 0 bridgehead atoms. The molecule has 1 amide bonds. The third-order valence-electron chi connectivity index (χ3n) is 4.15. The average molecular weight is 327 g/mol. The van der Waals surface area contributed by atoms with Gasteiger partial charge in [-0.3, -0.25) is 9.59 Å². The number of amides is 1. The molecule has 1 rings (SSSR count). The number of ketones is 2. The van der Waals surface area contributed by atoms with Crippen molar-refractivity contribution in [2.45, 2.75) is 65.6 Å². The van der Waals surface area contributed by atoms with Gasteiger partial charge in [-0.25, -0.2) is 4.79 Å². The van der Waals surface area contributed by atoms with Crippen molar-refractivity contribution in [3.8, 4) is 0 Å². The summed E-state index contributed by atoms with van der Waals surface area (Å²) in [6.07, 6.45) is -0.354. The largest absolute Gasteiger partial charge is 0.444 e. The van der Waals surface area contributed by atoms with Gasteiger partial charge in [0, 0.05) is 25.3 Å². The molecule has 1 aliphatic rings. The van der Waals surface area contributed by atoms with Crippen LogP contribution >= 0.6 is 0 Å². The van der Waals surface area contributed by atoms with E-state index in [4.69, 9.17) is 4.74 Å². The van der Waals surface area contributed by atoms with Crippen LogP contribution in [0.4, 0.5) is 4.79 Å². The van der Waals surface area contributed by atoms with Crippen LogP contribution in [0.15, 0.2) is 0 Å². The maximum absolute atomic E-state index is 12.5. The van der Waals surface area contributed by atoms with Crippen molar-refractivity contribution in [2.75, 3.05) is 13.1 Å². The number of hydrogen-bond donors (Lipinski definition) is 1. The van der Waals surface area contributed by atoms with Crippen LogP contribution in [0.5, 0.6) is 0 Å². The first-order chi connectivity index (χ1) is 10.4. The number of carbonyl (C=O) groups excluding carboxylic acids is 3. The number of nitrogens with zero attached hydrogens (tertiary/aromatic N) is 1. The van der Waals surface area contributed by atoms with E-state index in [2.05, 4.69) is 0 Å². The van der Waals surface area contributed by atoms with E-state index in [1.54, 1.807) is 20.8 Å². The molecule has 0 aromatic heterocycles. The van der Waals surface area contributed by atoms with Crippen LogP contribution in [-0.2, 0) is 14.3 Å². The summed E-state index contributed by atoms with van der Waals surface area (Å²) >= 11 is 0. The molecule has 1 N–H and O–H groups in total. The Balaban J connectivity index is 2.72. The lowest BCUT2D eigenvalue weighted by atomic mass is 9.83. The summed E-state index contributed by atoms with van der Waals surface area (Å²) in [5, 5.41) is 10.6. The minimum atomic E-state index is -1.58. The number of likely N-dealkylation sites (tertiary alicyclic amines) is 1. The number of β-amino-alcohol motifs (C(OH)–C–C–N with tert-alkyl or cyclic N) is 1. The van der Waals surface area contributed by atoms with Crippen LogP contribution in [0, 0.1) is 11.8 Å². The summed E-state index contributed by atoms with van der Waals surface area (Å²) in [4.78, 5) is 37.5. The Kier molecular flexibility index (Phi) is 5.96. The van der Waals surface area contributed by atoms with Crippen LogP contribution in [0.1, 0.15) is 54.4 Å². The maximum atomic E-state index is 12.5. The second-order valence-electron chi connectivity index (χ2n) is 7.77. The Morgan fingerprint density at radius 2 is 1.83 bits per heavy atom. The first kappa shape index (κ1) is 19.6. The molecule has 1 aliphatic heterocycles. The lowest BCUT2D eigenvalue weighted by Gasteiger charge is -2.27. The second kappa shape index (κ2) is 6.99. The molecule has 0 aliphatic carbocycles. The third kappa shape index (κ3) is 5.30. The standard InChI is InChI=1S/C17H29NO5/c1-11(2)13(12(3)19)9-14(20)17(22)7-8-18(10-17)15(21)23-16(4,5)6/h11,13,22H,7-10H2,1-6H3/t13-,17?/m0/s1. The predicted octanol–water partition coefficient (Wildman–Crippen LogP) is 2.18. The predicted molar refractivity (Wildman–Crippen MR) is 86.0 cm³/mol. The highest BCUT2D eigenvalue weighted by molar-refractivity contribution is 5.92. The fourth-order valence-corrected chi connectivity index (χ4v) is 2.74. The van der Waals surface area contributed by atoms with Crippen molar-refractivity contribution >= 4 is 17.7 Å². The third-order valence-corrected chi connectivity index (χ3v) is 4.15. The maximum Gasteiger partial charge on any atom is 0.410 e. The fraction of sp³-hybridized carbons (Fsp3) is 0.824. The Morgan fingerprint density at radius 3 is 2.26 bits per heavy atom. The second-order valence-corrected chi connectivity index (χ2v) is 7.77. The molecule has 0 aromatic rings. The van der Waals surface area contributed by atoms with E-state index < -0.39 is 23.2 Å². The van der Waals surface area contributed by atoms with Crippen LogP contribution in [0.2, 0.25) is 0 Å². The molecule has 6 nitrogen and oxygen atoms in total. The summed E-state index contributed by atoms with van der Waals surface area (Å²) in [6.45, 7) is 10.7. The van der Waals surface area contributed by atoms with Crippen molar-refractivity contribution < 1.29 is 24.2 Å². The molecule has 23 heavy (non-hydrogen) atoms. The Bertz CT molecular complexity index is 480. The molecular weight excluding hydrogens is 298 g/mol. The van der Waals surface area contributed by atoms with Gasteiger partial charge in [0.1, 0.15) is 17.0 Å². The normalized spacial score (nSPS) is 23.0. The minimum Gasteiger partial charge on any atom is -0.444 e. The smallest absolute Gasteiger partial charge is 0.410 e. The molecule has 0 spiro atoms. The highest BCUT2D eigenvalue weighted by Gasteiger charge is 2.45. The van der Waals surface area contributed by atoms with Crippen molar-refractivity contribution in [1.29, 1.82) is 0 Å². The molecular formula is C17H29NO5. The van der Waals surface area contributed by atoms with E-state index in [0.717, 1.165) is 0 Å². The van der Waals surface area contributed by atoms with Crippen LogP contribution in [-0.4, -0.2) is 52.0 Å². The zero-order valence-corrected chi connectivity index (χ0v) is 15.0. The SMILES string of the molecule is CC(=O)[C@@H](CC(=O)C1(O)CCN(C(=O)OC(C)(C)C)C1)C(C)C. The first-order valence-electron chi connectivity index (χ1n) is 8.10. The van der Waals surface area contributed by atoms with Gasteiger partial charge in [0.05, 0.1) is 6.54 Å². The molecule has 6 heteroatoms. The molecule has 2 atom stereocenters. The van der Waals surface area contributed by atoms with Crippen LogP contribution in [0.3, 0.4) is 0 Å². The van der Waals surface area contributed by atoms with Crippen molar-refractivity contribution in [3.63, 3.8) is 0 Å². The van der Waals surface area contributed by atoms with Crippen molar-refractivity contribution in [3.05, 3.63) is 0 Å². The quantitative estimate of drug-likeness (QED) is 0.836. The van der Waals surface area contributed by atoms with Gasteiger partial charge >= 0.3 is 6.09 Å². The molecule has 1 saturated heterocycles. The van der Waals surface area contributed by atoms with Gasteiger partial charge in [0.15, 0.2) is 5.78 Å². The topological polar surface area (TPSA) is 83.9 Å². The molecule has 1 fully saturated rings. The van der Waals surface area contributed by atoms with E-state index in [1.165, 1.54) is 11.8 Å². The van der Waals surface area contributed by atoms with Crippen molar-refractivity contribution in [2.24, 2.45) is 11.8 Å². The van der Waals surface area contributed by atoms with E-state index in [1.807, 2.05) is 13.8 Å². The number of hydrogen-bond acceptors (Lipinski definition) is 5. The van der Waals surface area contributed by atoms with Crippen LogP contribution in [0.25, 0.3) is 0 Å². The Labute approximate surface area is 138 Å². The van der Waals surface area contributed by atoms with E-state index >= 15 is 0 Å². The molecule has 0 aromatic carbocycles. The Morgan fingerprint density at radius 1 is 1.26 bits per heavy atom. The van der Waals surface area contributed by atoms with E-state index in [9.17, 15) is 19.5 Å². The van der Waals surface area contributed by atoms with Gasteiger partial charge in [-0.1, -0.05) is 13.8 Å². The number of carbonyl (C=O) groups is 3. The highest BCUT2D eigenvalue weighted by atomic mass is 16.6. The minimum absolute atomic E-state index is 0.00561. The molecule has 0 saturated carbocycles. The van der Waals surface area contributed by atoms with Crippen molar-refractivity contribution in [1.82, 2.24) is 4.90 Å². The zero-order valence-electron chi connectivity index (χ0n) is 15.0. The summed E-state index contributed by atoms with van der Waals surface area (Å²) in [5.41, 5.74) is -2.21. The lowest BCUT2D eigenvalue weighted by Crippen LogP contribution is -2.45. The van der Waals surface area contributed by atoms with Gasteiger partial charge in [0.2, 0.25) is 0 Å². The van der Waals surface area contributed by atoms with Gasteiger partial charge < -0.3 is 14.7 Å². The zero-order chi connectivity index (χ0) is 18.0. The number of aliphatic hydroxyl groups is 1. The number of rotatable bonds is 5. The van der Waals surface area contributed by atoms with E-state index in [-0.39, 0.29) is 43.4 Å². The molecule has 132 valence electrons. The highest BCUT2D eigenvalue weighted by Crippen LogP contribution is 2.28. The summed E-state index contributed by atoms with van der Waals surface area (Å²) < 4.78 is 5.26. The van der Waals surface area contributed by atoms with Gasteiger partial charge in [-0.05, 0) is 33.6 Å². The van der Waals surface area contributed by atoms with Gasteiger partial charge in [-0.15, -0.1) is 0 Å².